The van der Waals surface area contributed by atoms with Crippen LogP contribution in [0, 0.1) is 0 Å². The Balaban J connectivity index is 3.90. The number of carbonyl (C=O) groups excluding carboxylic acids is 2. The monoisotopic (exact) mass is 755 g/mol. The van der Waals surface area contributed by atoms with Crippen LogP contribution in [0.2, 0.25) is 0 Å². The topological polar surface area (TPSA) is 119 Å². The quantitative estimate of drug-likeness (QED) is 0.0275. The zero-order valence-electron chi connectivity index (χ0n) is 33.5. The number of carbonyl (C=O) groups is 2. The van der Waals surface area contributed by atoms with Crippen LogP contribution in [0.3, 0.4) is 0 Å². The van der Waals surface area contributed by atoms with E-state index in [9.17, 15) is 14.2 Å². The molecule has 0 saturated carbocycles. The van der Waals surface area contributed by atoms with Crippen LogP contribution in [-0.4, -0.2) is 41.0 Å². The fourth-order valence-corrected chi connectivity index (χ4v) is 6.29. The minimum atomic E-state index is -4.75. The second-order valence-corrected chi connectivity index (χ2v) is 15.5. The third-order valence-electron chi connectivity index (χ3n) is 9.13. The van der Waals surface area contributed by atoms with Crippen molar-refractivity contribution in [2.75, 3.05) is 13.2 Å². The molecule has 0 aromatic carbocycles. The summed E-state index contributed by atoms with van der Waals surface area (Å²) in [7, 11) is -4.75. The molecule has 8 nitrogen and oxygen atoms in total. The molecule has 0 bridgehead atoms. The van der Waals surface area contributed by atoms with Gasteiger partial charge in [-0.3, -0.25) is 14.1 Å². The Morgan fingerprint density at radius 1 is 0.500 bits per heavy atom. The van der Waals surface area contributed by atoms with Gasteiger partial charge in [-0.15, -0.1) is 0 Å². The lowest BCUT2D eigenvalue weighted by atomic mass is 10.1. The molecule has 304 valence electrons. The van der Waals surface area contributed by atoms with Gasteiger partial charge < -0.3 is 19.3 Å². The van der Waals surface area contributed by atoms with Crippen molar-refractivity contribution in [1.82, 2.24) is 0 Å². The van der Waals surface area contributed by atoms with Gasteiger partial charge in [0.05, 0.1) is 6.61 Å². The SMILES string of the molecule is CCCCC/C=C/C/C=C/CCCCCCCCCCCC(=O)OC[C@H](COP(=O)(O)O)OC(=O)CCCCCCCCC/C=C/CCCCCC. The molecule has 0 spiro atoms. The van der Waals surface area contributed by atoms with E-state index in [0.29, 0.717) is 6.42 Å². The van der Waals surface area contributed by atoms with Crippen LogP contribution in [-0.2, 0) is 28.2 Å². The number of hydrogen-bond donors (Lipinski definition) is 2. The molecular formula is C43H79O8P. The van der Waals surface area contributed by atoms with Gasteiger partial charge in [0.2, 0.25) is 0 Å². The molecule has 0 aliphatic carbocycles. The van der Waals surface area contributed by atoms with Gasteiger partial charge in [0, 0.05) is 12.8 Å². The van der Waals surface area contributed by atoms with Crippen molar-refractivity contribution in [3.63, 3.8) is 0 Å². The fourth-order valence-electron chi connectivity index (χ4n) is 5.93. The lowest BCUT2D eigenvalue weighted by Gasteiger charge is -2.18. The first-order valence-corrected chi connectivity index (χ1v) is 22.8. The molecule has 0 fully saturated rings. The van der Waals surface area contributed by atoms with Crippen LogP contribution in [0.1, 0.15) is 206 Å². The zero-order chi connectivity index (χ0) is 38.2. The molecule has 0 aromatic heterocycles. The van der Waals surface area contributed by atoms with E-state index in [1.165, 1.54) is 109 Å². The number of esters is 2. The van der Waals surface area contributed by atoms with Crippen molar-refractivity contribution in [2.45, 2.75) is 213 Å². The normalized spacial score (nSPS) is 12.8. The number of phosphoric acid groups is 1. The Kier molecular flexibility index (Phi) is 37.7. The van der Waals surface area contributed by atoms with E-state index in [1.807, 2.05) is 0 Å². The molecule has 1 atom stereocenters. The summed E-state index contributed by atoms with van der Waals surface area (Å²) in [5.74, 6) is -0.891. The Morgan fingerprint density at radius 3 is 1.33 bits per heavy atom. The van der Waals surface area contributed by atoms with Crippen LogP contribution in [0.5, 0.6) is 0 Å². The second-order valence-electron chi connectivity index (χ2n) is 14.3. The van der Waals surface area contributed by atoms with Crippen molar-refractivity contribution in [3.8, 4) is 0 Å². The first-order valence-electron chi connectivity index (χ1n) is 21.3. The molecule has 0 saturated heterocycles. The average molecular weight is 755 g/mol. The molecule has 2 N–H and O–H groups in total. The van der Waals surface area contributed by atoms with Crippen LogP contribution >= 0.6 is 7.82 Å². The van der Waals surface area contributed by atoms with Gasteiger partial charge in [-0.2, -0.15) is 0 Å². The Morgan fingerprint density at radius 2 is 0.865 bits per heavy atom. The summed E-state index contributed by atoms with van der Waals surface area (Å²) in [6, 6.07) is 0. The summed E-state index contributed by atoms with van der Waals surface area (Å²) in [5.41, 5.74) is 0. The Hall–Kier alpha value is -1.73. The maximum absolute atomic E-state index is 12.4. The number of ether oxygens (including phenoxy) is 2. The summed E-state index contributed by atoms with van der Waals surface area (Å²) in [6.07, 6.45) is 45.7. The lowest BCUT2D eigenvalue weighted by molar-refractivity contribution is -0.161. The van der Waals surface area contributed by atoms with Crippen LogP contribution < -0.4 is 0 Å². The summed E-state index contributed by atoms with van der Waals surface area (Å²) in [6.45, 7) is 3.65. The van der Waals surface area contributed by atoms with E-state index in [2.05, 4.69) is 54.8 Å². The predicted octanol–water partition coefficient (Wildman–Crippen LogP) is 13.0. The lowest BCUT2D eigenvalue weighted by Crippen LogP contribution is -2.29. The van der Waals surface area contributed by atoms with E-state index in [0.717, 1.165) is 64.2 Å². The van der Waals surface area contributed by atoms with Crippen molar-refractivity contribution < 1.29 is 37.9 Å². The highest BCUT2D eigenvalue weighted by molar-refractivity contribution is 7.46. The van der Waals surface area contributed by atoms with Gasteiger partial charge in [0.1, 0.15) is 6.61 Å². The third kappa shape index (κ3) is 41.0. The molecule has 0 heterocycles. The highest BCUT2D eigenvalue weighted by atomic mass is 31.2. The molecule has 0 rings (SSSR count). The van der Waals surface area contributed by atoms with E-state index >= 15 is 0 Å². The number of phosphoric ester groups is 1. The minimum Gasteiger partial charge on any atom is -0.462 e. The van der Waals surface area contributed by atoms with Crippen LogP contribution in [0.15, 0.2) is 36.5 Å². The Bertz CT molecular complexity index is 941. The minimum absolute atomic E-state index is 0.206. The van der Waals surface area contributed by atoms with E-state index in [1.54, 1.807) is 0 Å². The molecular weight excluding hydrogens is 675 g/mol. The molecule has 0 amide bonds. The van der Waals surface area contributed by atoms with E-state index in [-0.39, 0.29) is 19.4 Å². The highest BCUT2D eigenvalue weighted by Crippen LogP contribution is 2.36. The first kappa shape index (κ1) is 50.3. The summed E-state index contributed by atoms with van der Waals surface area (Å²) in [4.78, 5) is 42.9. The summed E-state index contributed by atoms with van der Waals surface area (Å²) < 4.78 is 26.4. The fraction of sp³-hybridized carbons (Fsp3) is 0.814. The molecule has 9 heteroatoms. The number of rotatable bonds is 39. The predicted molar refractivity (Wildman–Crippen MR) is 216 cm³/mol. The van der Waals surface area contributed by atoms with Gasteiger partial charge in [-0.05, 0) is 70.6 Å². The van der Waals surface area contributed by atoms with Gasteiger partial charge in [-0.25, -0.2) is 4.57 Å². The summed E-state index contributed by atoms with van der Waals surface area (Å²) >= 11 is 0. The largest absolute Gasteiger partial charge is 0.469 e. The Labute approximate surface area is 319 Å². The zero-order valence-corrected chi connectivity index (χ0v) is 34.4. The van der Waals surface area contributed by atoms with Crippen molar-refractivity contribution in [2.24, 2.45) is 0 Å². The second kappa shape index (κ2) is 39.0. The molecule has 0 aliphatic heterocycles. The molecule has 52 heavy (non-hydrogen) atoms. The van der Waals surface area contributed by atoms with Crippen LogP contribution in [0.25, 0.3) is 0 Å². The first-order chi connectivity index (χ1) is 25.3. The number of unbranched alkanes of at least 4 members (excludes halogenated alkanes) is 23. The van der Waals surface area contributed by atoms with E-state index < -0.39 is 32.5 Å². The molecule has 0 aromatic rings. The molecule has 0 unspecified atom stereocenters. The number of allylic oxidation sites excluding steroid dienone is 6. The molecule has 0 aliphatic rings. The maximum Gasteiger partial charge on any atom is 0.469 e. The standard InChI is InChI=1S/C43H79O8P/c1-3-5-7-9-11-13-15-17-19-20-21-22-24-25-27-29-31-33-35-37-42(44)49-39-41(40-50-52(46,47)48)51-43(45)38-36-34-32-30-28-26-23-18-16-14-12-10-8-6-4-2/h11,13-14,16-17,19,41H,3-10,12,15,18,20-40H2,1-2H3,(H2,46,47,48)/b13-11+,16-14+,19-17+/t41-/m1/s1. The van der Waals surface area contributed by atoms with Gasteiger partial charge >= 0.3 is 19.8 Å². The number of hydrogen-bond acceptors (Lipinski definition) is 6. The van der Waals surface area contributed by atoms with Crippen molar-refractivity contribution in [1.29, 1.82) is 0 Å². The smallest absolute Gasteiger partial charge is 0.462 e. The van der Waals surface area contributed by atoms with E-state index in [4.69, 9.17) is 19.3 Å². The van der Waals surface area contributed by atoms with Crippen LogP contribution in [0.4, 0.5) is 0 Å². The van der Waals surface area contributed by atoms with Crippen molar-refractivity contribution in [3.05, 3.63) is 36.5 Å². The average Bonchev–Trinajstić information content (AvgIpc) is 3.11. The van der Waals surface area contributed by atoms with Gasteiger partial charge in [0.25, 0.3) is 0 Å². The summed E-state index contributed by atoms with van der Waals surface area (Å²) in [5, 5.41) is 0. The maximum atomic E-state index is 12.4. The highest BCUT2D eigenvalue weighted by Gasteiger charge is 2.22. The van der Waals surface area contributed by atoms with Gasteiger partial charge in [0.15, 0.2) is 6.10 Å². The van der Waals surface area contributed by atoms with Gasteiger partial charge in [-0.1, -0.05) is 159 Å². The third-order valence-corrected chi connectivity index (χ3v) is 9.62. The molecule has 0 radical (unpaired) electrons. The van der Waals surface area contributed by atoms with Crippen molar-refractivity contribution >= 4 is 19.8 Å².